The van der Waals surface area contributed by atoms with Gasteiger partial charge in [-0.05, 0) is 79.3 Å². The van der Waals surface area contributed by atoms with Crippen LogP contribution in [0.1, 0.15) is 94.2 Å². The Labute approximate surface area is 363 Å². The molecule has 6 heteroatoms. The zero-order valence-electron chi connectivity index (χ0n) is 42.6. The van der Waals surface area contributed by atoms with Crippen molar-refractivity contribution in [2.24, 2.45) is 0 Å². The van der Waals surface area contributed by atoms with Gasteiger partial charge in [-0.15, -0.1) is 0 Å². The quantitative estimate of drug-likeness (QED) is 0.158. The van der Waals surface area contributed by atoms with Crippen molar-refractivity contribution in [3.05, 3.63) is 162 Å². The zero-order valence-corrected chi connectivity index (χ0v) is 35.6. The molecule has 3 aromatic heterocycles. The number of ether oxygens (including phenoxy) is 1. The topological polar surface area (TPSA) is 46.0 Å². The van der Waals surface area contributed by atoms with Crippen LogP contribution in [0, 0.1) is 6.85 Å². The number of para-hydroxylation sites is 4. The summed E-state index contributed by atoms with van der Waals surface area (Å²) in [5.74, 6) is 1.93. The lowest BCUT2D eigenvalue weighted by atomic mass is 9.83. The number of benzene rings is 5. The monoisotopic (exact) mass is 794 g/mol. The van der Waals surface area contributed by atoms with Crippen LogP contribution in [0.5, 0.6) is 11.5 Å². The first kappa shape index (κ1) is 31.3. The Balaban J connectivity index is 1.25. The Morgan fingerprint density at radius 2 is 1.37 bits per heavy atom. The third-order valence-corrected chi connectivity index (χ3v) is 11.1. The molecule has 0 unspecified atom stereocenters. The fourth-order valence-corrected chi connectivity index (χ4v) is 7.92. The minimum atomic E-state index is -2.84. The van der Waals surface area contributed by atoms with E-state index in [0.29, 0.717) is 22.7 Å². The molecule has 0 atom stereocenters. The van der Waals surface area contributed by atoms with E-state index in [1.807, 2.05) is 76.0 Å². The number of rotatable bonds is 6. The third-order valence-electron chi connectivity index (χ3n) is 11.1. The molecule has 6 nitrogen and oxygen atoms in total. The summed E-state index contributed by atoms with van der Waals surface area (Å²) in [4.78, 5) is 9.83. The van der Waals surface area contributed by atoms with E-state index in [0.717, 1.165) is 55.9 Å². The maximum atomic E-state index is 9.15. The average molecular weight is 795 g/mol. The van der Waals surface area contributed by atoms with Crippen molar-refractivity contribution in [3.8, 4) is 28.4 Å². The molecule has 0 bridgehead atoms. The van der Waals surface area contributed by atoms with E-state index in [1.165, 1.54) is 5.56 Å². The van der Waals surface area contributed by atoms with Crippen molar-refractivity contribution in [3.63, 3.8) is 0 Å². The largest absolute Gasteiger partial charge is 0.503 e. The molecular formula is C54H53N5O+2. The lowest BCUT2D eigenvalue weighted by Gasteiger charge is -2.21. The minimum Gasteiger partial charge on any atom is -0.455 e. The van der Waals surface area contributed by atoms with Gasteiger partial charge in [-0.2, -0.15) is 0 Å². The number of fused-ring (bicyclic) bond motifs is 4. The molecule has 0 saturated heterocycles. The molecule has 0 fully saturated rings. The summed E-state index contributed by atoms with van der Waals surface area (Å²) in [6.45, 7) is 16.4. The number of hydrogen-bond donors (Lipinski definition) is 0. The molecule has 1 aliphatic heterocycles. The van der Waals surface area contributed by atoms with Gasteiger partial charge in [0.25, 0.3) is 11.4 Å². The molecule has 4 heterocycles. The molecule has 60 heavy (non-hydrogen) atoms. The molecule has 0 radical (unpaired) electrons. The van der Waals surface area contributed by atoms with Crippen molar-refractivity contribution in [1.29, 1.82) is 0 Å². The summed E-state index contributed by atoms with van der Waals surface area (Å²) in [7, 11) is 0. The van der Waals surface area contributed by atoms with E-state index in [4.69, 9.17) is 24.3 Å². The van der Waals surface area contributed by atoms with Gasteiger partial charge < -0.3 is 4.74 Å². The Morgan fingerprint density at radius 1 is 0.650 bits per heavy atom. The van der Waals surface area contributed by atoms with Gasteiger partial charge in [-0.25, -0.2) is 4.98 Å². The fourth-order valence-electron chi connectivity index (χ4n) is 7.92. The molecule has 1 aliphatic rings. The highest BCUT2D eigenvalue weighted by atomic mass is 16.5. The summed E-state index contributed by atoms with van der Waals surface area (Å²) >= 11 is 0. The molecule has 0 saturated carbocycles. The van der Waals surface area contributed by atoms with Crippen LogP contribution >= 0.6 is 0 Å². The Bertz CT molecular complexity index is 3390. The van der Waals surface area contributed by atoms with E-state index >= 15 is 0 Å². The van der Waals surface area contributed by atoms with Gasteiger partial charge in [0.1, 0.15) is 17.3 Å². The predicted molar refractivity (Wildman–Crippen MR) is 250 cm³/mol. The summed E-state index contributed by atoms with van der Waals surface area (Å²) in [5.41, 5.74) is 7.65. The van der Waals surface area contributed by atoms with Gasteiger partial charge in [0.15, 0.2) is 0 Å². The van der Waals surface area contributed by atoms with Crippen molar-refractivity contribution in [2.45, 2.75) is 85.4 Å². The Kier molecular flexibility index (Phi) is 7.46. The first-order valence-corrected chi connectivity index (χ1v) is 20.3. The molecule has 0 amide bonds. The second-order valence-electron chi connectivity index (χ2n) is 18.6. The summed E-state index contributed by atoms with van der Waals surface area (Å²) in [6.07, 6.45) is 3.62. The van der Waals surface area contributed by atoms with Gasteiger partial charge >= 0.3 is 6.01 Å². The fraction of sp³-hybridized carbons (Fsp3) is 0.241. The van der Waals surface area contributed by atoms with Gasteiger partial charge in [0, 0.05) is 45.5 Å². The normalized spacial score (nSPS) is 15.0. The van der Waals surface area contributed by atoms with Crippen LogP contribution in [-0.4, -0.2) is 20.5 Å². The highest BCUT2D eigenvalue weighted by Crippen LogP contribution is 2.45. The lowest BCUT2D eigenvalue weighted by Crippen LogP contribution is -2.16. The number of nitrogens with zero attached hydrogens (tertiary/aromatic N) is 5. The van der Waals surface area contributed by atoms with Crippen molar-refractivity contribution < 1.29 is 14.3 Å². The molecule has 8 aromatic rings. The van der Waals surface area contributed by atoms with Crippen LogP contribution < -0.4 is 13.9 Å². The molecule has 0 N–H and O–H groups in total. The first-order valence-electron chi connectivity index (χ1n) is 23.8. The summed E-state index contributed by atoms with van der Waals surface area (Å²) in [6, 6.07) is 35.7. The van der Waals surface area contributed by atoms with Crippen LogP contribution in [0.25, 0.3) is 38.9 Å². The van der Waals surface area contributed by atoms with Crippen molar-refractivity contribution in [1.82, 2.24) is 23.7 Å². The van der Waals surface area contributed by atoms with E-state index < -0.39 is 42.0 Å². The van der Waals surface area contributed by atoms with Crippen LogP contribution in [0.15, 0.2) is 140 Å². The summed E-state index contributed by atoms with van der Waals surface area (Å²) < 4.78 is 72.9. The van der Waals surface area contributed by atoms with Crippen LogP contribution in [-0.2, 0) is 16.2 Å². The van der Waals surface area contributed by atoms with Crippen molar-refractivity contribution >= 4 is 50.7 Å². The predicted octanol–water partition coefficient (Wildman–Crippen LogP) is 14.1. The molecular weight excluding hydrogens is 735 g/mol. The van der Waals surface area contributed by atoms with Crippen LogP contribution in [0.3, 0.4) is 0 Å². The molecule has 298 valence electrons. The Hall–Kier alpha value is -6.62. The van der Waals surface area contributed by atoms with E-state index in [9.17, 15) is 0 Å². The number of pyridine rings is 2. The van der Waals surface area contributed by atoms with Gasteiger partial charge in [0.05, 0.1) is 39.9 Å². The molecule has 0 spiro atoms. The van der Waals surface area contributed by atoms with Gasteiger partial charge in [-0.1, -0.05) is 135 Å². The van der Waals surface area contributed by atoms with Crippen molar-refractivity contribution in [2.75, 3.05) is 0 Å². The highest BCUT2D eigenvalue weighted by molar-refractivity contribution is 6.07. The maximum Gasteiger partial charge on any atom is 0.503 e. The molecule has 9 rings (SSSR count). The zero-order chi connectivity index (χ0) is 48.1. The third kappa shape index (κ3) is 7.01. The standard InChI is InChI=1S/C54H53N5O/c1-35-22-24-36(25-23-35)42-17-15-18-44(54(8,9)10)51(42)58-34-57(46-20-13-14-21-47(46)58)39-28-38(53(5,6)7)29-40(31-39)60-41-32-48-50(56-33-41)43-16-11-12-19-45(43)59(48)49-30-37(26-27-55-49)52(2,3)4/h11-33H,1-10H3/q+2/i1D3,22D,23D,24D,25D. The number of aromatic nitrogens is 3. The van der Waals surface area contributed by atoms with Crippen LogP contribution in [0.2, 0.25) is 0 Å². The Morgan fingerprint density at radius 3 is 2.08 bits per heavy atom. The van der Waals surface area contributed by atoms with E-state index in [-0.39, 0.29) is 16.4 Å². The van der Waals surface area contributed by atoms with E-state index in [2.05, 4.69) is 109 Å². The second kappa shape index (κ2) is 14.3. The first-order chi connectivity index (χ1) is 31.4. The molecule has 0 aliphatic carbocycles. The van der Waals surface area contributed by atoms with E-state index in [1.54, 1.807) is 12.3 Å². The minimum absolute atomic E-state index is 0.00885. The average Bonchev–Trinajstić information content (AvgIpc) is 3.80. The van der Waals surface area contributed by atoms with Gasteiger partial charge in [-0.3, -0.25) is 9.55 Å². The highest BCUT2D eigenvalue weighted by Gasteiger charge is 2.41. The number of hydrogen-bond acceptors (Lipinski definition) is 3. The maximum absolute atomic E-state index is 9.15. The summed E-state index contributed by atoms with van der Waals surface area (Å²) in [5, 5.41) is 1.01. The SMILES string of the molecule is [2H]c1c([2H])c(C([2H])([2H])[2H])c([2H])c([2H])c1-c1cccc(C(C)(C)C)c1[N+]1=C=[N+](c2cc(Oc3cnc4c5ccccc5n(-c5cc(C(C)(C)C)ccn5)c4c3)cc(C(C)(C)C)c2)c2ccccc21. The van der Waals surface area contributed by atoms with Crippen LogP contribution in [0.4, 0.5) is 22.7 Å². The second-order valence-corrected chi connectivity index (χ2v) is 18.6. The molecule has 5 aromatic carbocycles. The lowest BCUT2D eigenvalue weighted by molar-refractivity contribution is 0.477. The smallest absolute Gasteiger partial charge is 0.455 e. The van der Waals surface area contributed by atoms with Gasteiger partial charge in [0.2, 0.25) is 11.4 Å².